The van der Waals surface area contributed by atoms with E-state index in [1.54, 1.807) is 6.92 Å². The van der Waals surface area contributed by atoms with E-state index in [4.69, 9.17) is 5.11 Å². The van der Waals surface area contributed by atoms with Gasteiger partial charge in [-0.25, -0.2) is 9.78 Å². The third-order valence-corrected chi connectivity index (χ3v) is 4.85. The summed E-state index contributed by atoms with van der Waals surface area (Å²) in [5, 5.41) is 12.0. The second-order valence-electron chi connectivity index (χ2n) is 6.69. The number of hydrogen-bond donors (Lipinski definition) is 3. The van der Waals surface area contributed by atoms with Crippen molar-refractivity contribution < 1.29 is 14.7 Å². The van der Waals surface area contributed by atoms with E-state index in [-0.39, 0.29) is 28.6 Å². The Labute approximate surface area is 148 Å². The fourth-order valence-corrected chi connectivity index (χ4v) is 3.39. The van der Waals surface area contributed by atoms with Crippen LogP contribution in [0.1, 0.15) is 41.7 Å². The number of nitrogens with zero attached hydrogens (tertiary/aromatic N) is 2. The van der Waals surface area contributed by atoms with E-state index >= 15 is 0 Å². The Bertz CT molecular complexity index is 999. The minimum atomic E-state index is -0.807. The number of carboxylic acid groups (broad SMARTS) is 1. The lowest BCUT2D eigenvalue weighted by Gasteiger charge is -2.27. The van der Waals surface area contributed by atoms with Gasteiger partial charge in [0.1, 0.15) is 5.65 Å². The van der Waals surface area contributed by atoms with Gasteiger partial charge < -0.3 is 10.4 Å². The fraction of sp³-hybridized carbons (Fsp3) is 0.471. The first kappa shape index (κ1) is 17.8. The molecule has 2 aromatic heterocycles. The molecule has 3 N–H and O–H groups in total. The maximum Gasteiger partial charge on any atom is 0.329 e. The van der Waals surface area contributed by atoms with Gasteiger partial charge in [-0.15, -0.1) is 0 Å². The number of fused-ring (bicyclic) bond motifs is 1. The van der Waals surface area contributed by atoms with Gasteiger partial charge in [-0.1, -0.05) is 0 Å². The molecule has 9 heteroatoms. The zero-order valence-electron chi connectivity index (χ0n) is 14.5. The van der Waals surface area contributed by atoms with Crippen LogP contribution < -0.4 is 16.6 Å². The minimum Gasteiger partial charge on any atom is -0.481 e. The average Bonchev–Trinajstić information content (AvgIpc) is 2.59. The highest BCUT2D eigenvalue weighted by Crippen LogP contribution is 2.25. The Morgan fingerprint density at radius 3 is 2.54 bits per heavy atom. The SMILES string of the molecule is Cc1cc(C(=O)NC2CCC(C(=O)O)CC2)c2c(=O)[nH]c(=O)n(C)c2n1. The molecule has 0 spiro atoms. The van der Waals surface area contributed by atoms with Gasteiger partial charge in [0.25, 0.3) is 11.5 Å². The molecule has 138 valence electrons. The Balaban J connectivity index is 1.92. The van der Waals surface area contributed by atoms with Gasteiger partial charge in [0.15, 0.2) is 0 Å². The molecule has 9 nitrogen and oxygen atoms in total. The van der Waals surface area contributed by atoms with Gasteiger partial charge >= 0.3 is 11.7 Å². The van der Waals surface area contributed by atoms with Crippen molar-refractivity contribution in [1.82, 2.24) is 19.9 Å². The van der Waals surface area contributed by atoms with Crippen molar-refractivity contribution >= 4 is 22.9 Å². The van der Waals surface area contributed by atoms with Crippen LogP contribution in [0.15, 0.2) is 15.7 Å². The standard InChI is InChI=1S/C17H20N4O5/c1-8-7-11(12-13(18-8)21(2)17(26)20-15(12)23)14(22)19-10-5-3-9(4-6-10)16(24)25/h7,9-10H,3-6H2,1-2H3,(H,19,22)(H,24,25)(H,20,23,26). The molecule has 0 aromatic carbocycles. The number of H-pyrrole nitrogens is 1. The number of aliphatic carboxylic acids is 1. The largest absolute Gasteiger partial charge is 0.481 e. The van der Waals surface area contributed by atoms with Crippen LogP contribution in [0.25, 0.3) is 11.0 Å². The van der Waals surface area contributed by atoms with Crippen molar-refractivity contribution in [3.63, 3.8) is 0 Å². The smallest absolute Gasteiger partial charge is 0.329 e. The highest BCUT2D eigenvalue weighted by molar-refractivity contribution is 6.05. The van der Waals surface area contributed by atoms with Crippen LogP contribution in [0.5, 0.6) is 0 Å². The van der Waals surface area contributed by atoms with E-state index in [2.05, 4.69) is 15.3 Å². The van der Waals surface area contributed by atoms with Gasteiger partial charge in [0.05, 0.1) is 16.9 Å². The summed E-state index contributed by atoms with van der Waals surface area (Å²) in [5.41, 5.74) is -0.435. The van der Waals surface area contributed by atoms with E-state index in [1.165, 1.54) is 17.7 Å². The van der Waals surface area contributed by atoms with Gasteiger partial charge in [-0.3, -0.25) is 23.9 Å². The number of rotatable bonds is 3. The van der Waals surface area contributed by atoms with Crippen molar-refractivity contribution in [3.8, 4) is 0 Å². The Hall–Kier alpha value is -2.97. The van der Waals surface area contributed by atoms with Crippen LogP contribution in [0.3, 0.4) is 0 Å². The molecule has 26 heavy (non-hydrogen) atoms. The molecule has 1 amide bonds. The summed E-state index contributed by atoms with van der Waals surface area (Å²) in [7, 11) is 1.47. The molecule has 1 aliphatic rings. The average molecular weight is 360 g/mol. The lowest BCUT2D eigenvalue weighted by Crippen LogP contribution is -2.39. The number of nitrogens with one attached hydrogen (secondary N) is 2. The van der Waals surface area contributed by atoms with Gasteiger partial charge in [-0.2, -0.15) is 0 Å². The van der Waals surface area contributed by atoms with Crippen LogP contribution in [-0.2, 0) is 11.8 Å². The molecule has 2 heterocycles. The molecular formula is C17H20N4O5. The maximum atomic E-state index is 12.7. The molecule has 0 aliphatic heterocycles. The number of carbonyl (C=O) groups excluding carboxylic acids is 1. The molecule has 0 bridgehead atoms. The van der Waals surface area contributed by atoms with E-state index in [0.717, 1.165) is 0 Å². The molecule has 1 fully saturated rings. The van der Waals surface area contributed by atoms with Crippen LogP contribution >= 0.6 is 0 Å². The van der Waals surface area contributed by atoms with Crippen LogP contribution in [0, 0.1) is 12.8 Å². The second kappa shape index (κ2) is 6.74. The quantitative estimate of drug-likeness (QED) is 0.721. The number of aromatic amines is 1. The summed E-state index contributed by atoms with van der Waals surface area (Å²) in [5.74, 6) is -1.61. The lowest BCUT2D eigenvalue weighted by molar-refractivity contribution is -0.142. The number of aryl methyl sites for hydroxylation is 2. The predicted molar refractivity (Wildman–Crippen MR) is 93.2 cm³/mol. The highest BCUT2D eigenvalue weighted by Gasteiger charge is 2.27. The molecule has 1 saturated carbocycles. The summed E-state index contributed by atoms with van der Waals surface area (Å²) in [6, 6.07) is 1.37. The first-order valence-electron chi connectivity index (χ1n) is 8.42. The number of pyridine rings is 1. The fourth-order valence-electron chi connectivity index (χ4n) is 3.39. The van der Waals surface area contributed by atoms with Gasteiger partial charge in [0, 0.05) is 18.8 Å². The van der Waals surface area contributed by atoms with Gasteiger partial charge in [-0.05, 0) is 38.7 Å². The summed E-state index contributed by atoms with van der Waals surface area (Å²) < 4.78 is 1.19. The molecule has 2 aromatic rings. The summed E-state index contributed by atoms with van der Waals surface area (Å²) >= 11 is 0. The molecule has 0 unspecified atom stereocenters. The molecule has 1 aliphatic carbocycles. The van der Waals surface area contributed by atoms with E-state index < -0.39 is 23.1 Å². The normalized spacial score (nSPS) is 20.1. The van der Waals surface area contributed by atoms with Gasteiger partial charge in [0.2, 0.25) is 0 Å². The first-order chi connectivity index (χ1) is 12.3. The Kier molecular flexibility index (Phi) is 4.62. The summed E-state index contributed by atoms with van der Waals surface area (Å²) in [6.07, 6.45) is 2.15. The Morgan fingerprint density at radius 2 is 1.92 bits per heavy atom. The van der Waals surface area contributed by atoms with Crippen LogP contribution in [-0.4, -0.2) is 37.6 Å². The summed E-state index contributed by atoms with van der Waals surface area (Å²) in [6.45, 7) is 1.68. The number of amides is 1. The molecule has 0 saturated heterocycles. The molecule has 0 radical (unpaired) electrons. The lowest BCUT2D eigenvalue weighted by atomic mass is 9.86. The second-order valence-corrected chi connectivity index (χ2v) is 6.69. The maximum absolute atomic E-state index is 12.7. The van der Waals surface area contributed by atoms with Crippen molar-refractivity contribution in [2.45, 2.75) is 38.6 Å². The van der Waals surface area contributed by atoms with Crippen molar-refractivity contribution in [2.75, 3.05) is 0 Å². The third kappa shape index (κ3) is 3.24. The zero-order chi connectivity index (χ0) is 19.0. The first-order valence-corrected chi connectivity index (χ1v) is 8.42. The molecular weight excluding hydrogens is 340 g/mol. The topological polar surface area (TPSA) is 134 Å². The zero-order valence-corrected chi connectivity index (χ0v) is 14.5. The van der Waals surface area contributed by atoms with E-state index in [9.17, 15) is 19.2 Å². The predicted octanol–water partition coefficient (Wildman–Crippen LogP) is 0.303. The van der Waals surface area contributed by atoms with Crippen molar-refractivity contribution in [3.05, 3.63) is 38.2 Å². The van der Waals surface area contributed by atoms with Crippen LogP contribution in [0.4, 0.5) is 0 Å². The molecule has 3 rings (SSSR count). The van der Waals surface area contributed by atoms with E-state index in [1.807, 2.05) is 0 Å². The minimum absolute atomic E-state index is 0.0643. The number of carbonyl (C=O) groups is 2. The van der Waals surface area contributed by atoms with Crippen molar-refractivity contribution in [2.24, 2.45) is 13.0 Å². The van der Waals surface area contributed by atoms with Crippen LogP contribution in [0.2, 0.25) is 0 Å². The number of aromatic nitrogens is 3. The van der Waals surface area contributed by atoms with Crippen molar-refractivity contribution in [1.29, 1.82) is 0 Å². The monoisotopic (exact) mass is 360 g/mol. The summed E-state index contributed by atoms with van der Waals surface area (Å²) in [4.78, 5) is 54.2. The number of hydrogen-bond acceptors (Lipinski definition) is 5. The van der Waals surface area contributed by atoms with E-state index in [0.29, 0.717) is 31.4 Å². The number of carboxylic acids is 1. The third-order valence-electron chi connectivity index (χ3n) is 4.85. The molecule has 0 atom stereocenters. The highest BCUT2D eigenvalue weighted by atomic mass is 16.4. The Morgan fingerprint density at radius 1 is 1.27 bits per heavy atom.